The molecule has 2 heterocycles. The van der Waals surface area contributed by atoms with Crippen LogP contribution in [0.1, 0.15) is 32.4 Å². The molecule has 1 aromatic heterocycles. The Bertz CT molecular complexity index is 556. The van der Waals surface area contributed by atoms with Crippen LogP contribution in [0.25, 0.3) is 0 Å². The van der Waals surface area contributed by atoms with Crippen LogP contribution in [0, 0.1) is 5.92 Å². The molecule has 4 atom stereocenters. The average molecular weight is 328 g/mol. The van der Waals surface area contributed by atoms with Crippen molar-refractivity contribution in [2.24, 2.45) is 5.92 Å². The second-order valence-electron chi connectivity index (χ2n) is 6.00. The number of carbonyl (C=O) groups is 2. The summed E-state index contributed by atoms with van der Waals surface area (Å²) in [7, 11) is 0. The Morgan fingerprint density at radius 1 is 1.59 bits per heavy atom. The van der Waals surface area contributed by atoms with E-state index in [9.17, 15) is 19.8 Å². The summed E-state index contributed by atoms with van der Waals surface area (Å²) in [5.74, 6) is -0.276. The molecule has 0 saturated carbocycles. The van der Waals surface area contributed by atoms with Gasteiger partial charge in [-0.25, -0.2) is 4.79 Å². The predicted molar refractivity (Wildman–Crippen MR) is 82.5 cm³/mol. The molecule has 1 aromatic rings. The van der Waals surface area contributed by atoms with Crippen molar-refractivity contribution in [3.63, 3.8) is 0 Å². The average Bonchev–Trinajstić information content (AvgIpc) is 3.07. The van der Waals surface area contributed by atoms with Crippen molar-refractivity contribution in [2.75, 3.05) is 12.3 Å². The first-order valence-corrected chi connectivity index (χ1v) is 7.98. The highest BCUT2D eigenvalue weighted by Crippen LogP contribution is 2.42. The zero-order valence-electron chi connectivity index (χ0n) is 12.7. The zero-order valence-corrected chi connectivity index (χ0v) is 13.6. The lowest BCUT2D eigenvalue weighted by Crippen LogP contribution is -2.61. The molecule has 1 fully saturated rings. The summed E-state index contributed by atoms with van der Waals surface area (Å²) in [4.78, 5) is 24.8. The molecule has 1 aliphatic rings. The van der Waals surface area contributed by atoms with Gasteiger partial charge in [-0.3, -0.25) is 0 Å². The maximum absolute atomic E-state index is 12.8. The second-order valence-corrected chi connectivity index (χ2v) is 6.36. The van der Waals surface area contributed by atoms with Gasteiger partial charge in [0.2, 0.25) is 0 Å². The van der Waals surface area contributed by atoms with E-state index in [1.165, 1.54) is 6.26 Å². The van der Waals surface area contributed by atoms with Crippen LogP contribution in [0.2, 0.25) is 0 Å². The Hall–Kier alpha value is -1.31. The van der Waals surface area contributed by atoms with Gasteiger partial charge in [0.25, 0.3) is 0 Å². The smallest absolute Gasteiger partial charge is 0.466 e. The third-order valence-corrected chi connectivity index (χ3v) is 5.11. The van der Waals surface area contributed by atoms with Gasteiger partial charge in [-0.2, -0.15) is 21.9 Å². The summed E-state index contributed by atoms with van der Waals surface area (Å²) in [5.41, 5.74) is -1.45. The molecule has 122 valence electrons. The summed E-state index contributed by atoms with van der Waals surface area (Å²) in [6.45, 7) is 3.29. The van der Waals surface area contributed by atoms with Gasteiger partial charge in [0.15, 0.2) is 5.60 Å². The Morgan fingerprint density at radius 2 is 2.27 bits per heavy atom. The number of hydrogen-bond acceptors (Lipinski definition) is 5. The molecule has 6 nitrogen and oxygen atoms in total. The normalized spacial score (nSPS) is 32.8. The molecule has 0 bridgehead atoms. The van der Waals surface area contributed by atoms with Crippen LogP contribution in [0.5, 0.6) is 0 Å². The van der Waals surface area contributed by atoms with E-state index in [0.29, 0.717) is 12.2 Å². The van der Waals surface area contributed by atoms with E-state index in [4.69, 9.17) is 4.42 Å². The minimum absolute atomic E-state index is 0.154. The molecule has 2 amide bonds. The molecule has 22 heavy (non-hydrogen) atoms. The molecule has 0 aromatic carbocycles. The third-order valence-electron chi connectivity index (χ3n) is 4.67. The highest BCUT2D eigenvalue weighted by atomic mass is 32.1. The summed E-state index contributed by atoms with van der Waals surface area (Å²) < 4.78 is 4.47. The van der Waals surface area contributed by atoms with Gasteiger partial charge >= 0.3 is 12.0 Å². The van der Waals surface area contributed by atoms with Crippen LogP contribution in [0.15, 0.2) is 22.8 Å². The third kappa shape index (κ3) is 2.47. The number of hydrogen-bond donors (Lipinski definition) is 3. The van der Waals surface area contributed by atoms with E-state index >= 15 is 0 Å². The maximum Gasteiger partial charge on any atom is 0.521 e. The van der Waals surface area contributed by atoms with Crippen LogP contribution in [0.3, 0.4) is 0 Å². The number of thiol groups is 1. The van der Waals surface area contributed by atoms with Gasteiger partial charge in [0.05, 0.1) is 12.2 Å². The van der Waals surface area contributed by atoms with E-state index < -0.39 is 34.0 Å². The van der Waals surface area contributed by atoms with Gasteiger partial charge in [0.1, 0.15) is 18.3 Å². The number of rotatable bonds is 4. The summed E-state index contributed by atoms with van der Waals surface area (Å²) in [5, 5.41) is 20.6. The fraction of sp³-hybridized carbons (Fsp3) is 0.600. The quantitative estimate of drug-likeness (QED) is 0.583. The molecule has 0 aliphatic carbocycles. The highest BCUT2D eigenvalue weighted by molar-refractivity contribution is 7.80. The first-order valence-electron chi connectivity index (χ1n) is 7.34. The van der Waals surface area contributed by atoms with E-state index in [0.717, 1.165) is 0 Å². The number of aliphatic hydroxyl groups is 1. The molecule has 0 radical (unpaired) electrons. The predicted octanol–water partition coefficient (Wildman–Crippen LogP) is 2.24. The number of carbonyl (C=O) groups excluding carboxylic acids is 1. The topological polar surface area (TPSA) is 87.7 Å². The fourth-order valence-electron chi connectivity index (χ4n) is 3.35. The Morgan fingerprint density at radius 3 is 2.73 bits per heavy atom. The Labute approximate surface area is 134 Å². The summed E-state index contributed by atoms with van der Waals surface area (Å²) in [6, 6.07) is 2.69. The molecule has 2 N–H and O–H groups in total. The molecule has 1 aliphatic heterocycles. The fourth-order valence-corrected chi connectivity index (χ4v) is 3.77. The van der Waals surface area contributed by atoms with Crippen molar-refractivity contribution in [1.29, 1.82) is 0 Å². The van der Waals surface area contributed by atoms with Crippen LogP contribution in [-0.2, 0) is 10.4 Å². The van der Waals surface area contributed by atoms with Crippen LogP contribution in [-0.4, -0.2) is 45.0 Å². The number of likely N-dealkylation sites (tertiary alicyclic amines) is 1. The van der Waals surface area contributed by atoms with Crippen molar-refractivity contribution in [3.05, 3.63) is 24.2 Å². The maximum atomic E-state index is 12.8. The van der Waals surface area contributed by atoms with Crippen molar-refractivity contribution < 1.29 is 28.7 Å². The van der Waals surface area contributed by atoms with Crippen molar-refractivity contribution in [1.82, 2.24) is 0 Å². The lowest BCUT2D eigenvalue weighted by molar-refractivity contribution is -0.797. The lowest BCUT2D eigenvalue weighted by Gasteiger charge is -2.32. The van der Waals surface area contributed by atoms with E-state index in [1.54, 1.807) is 19.1 Å². The van der Waals surface area contributed by atoms with Crippen LogP contribution >= 0.6 is 12.6 Å². The summed E-state index contributed by atoms with van der Waals surface area (Å²) in [6.07, 6.45) is 0.861. The van der Waals surface area contributed by atoms with Crippen LogP contribution < -0.4 is 0 Å². The lowest BCUT2D eigenvalue weighted by atomic mass is 9.98. The Balaban J connectivity index is 2.44. The van der Waals surface area contributed by atoms with Gasteiger partial charge < -0.3 is 14.6 Å². The molecule has 3 unspecified atom stereocenters. The molecule has 7 heteroatoms. The second kappa shape index (κ2) is 6.06. The largest absolute Gasteiger partial charge is 0.521 e. The zero-order chi connectivity index (χ0) is 16.5. The number of quaternary nitrogens is 1. The summed E-state index contributed by atoms with van der Waals surface area (Å²) >= 11 is 4.16. The number of amides is 2. The van der Waals surface area contributed by atoms with E-state index in [-0.39, 0.29) is 18.7 Å². The molecule has 1 saturated heterocycles. The van der Waals surface area contributed by atoms with Gasteiger partial charge in [0, 0.05) is 12.2 Å². The number of imide groups is 1. The van der Waals surface area contributed by atoms with Crippen molar-refractivity contribution in [2.45, 2.75) is 38.3 Å². The van der Waals surface area contributed by atoms with Crippen molar-refractivity contribution >= 4 is 24.6 Å². The first-order chi connectivity index (χ1) is 10.3. The number of furan rings is 1. The number of nitrogens with zero attached hydrogens (tertiary/aromatic N) is 1. The SMILES string of the molecule is CCC(CS)C(=O)[N@+]1(C(=O)O)CC(O)(c2ccco2)CC1C. The van der Waals surface area contributed by atoms with Crippen molar-refractivity contribution in [3.8, 4) is 0 Å². The van der Waals surface area contributed by atoms with E-state index in [1.807, 2.05) is 6.92 Å². The standard InChI is InChI=1S/C15H21NO5S/c1-3-11(8-22)13(17)16(14(18)19)9-15(20,7-10(16)2)12-5-4-6-21-12/h4-6,10-11,20H,3,7-9H2,1-2H3,(H-,18,19,22)/p+1/t10?,11?,15?,16-/m0/s1. The minimum atomic E-state index is -1.45. The molecular weight excluding hydrogens is 306 g/mol. The molecular formula is C15H22NO5S+. The molecule has 0 spiro atoms. The minimum Gasteiger partial charge on any atom is -0.466 e. The first kappa shape index (κ1) is 17.1. The van der Waals surface area contributed by atoms with Gasteiger partial charge in [-0.05, 0) is 25.5 Å². The van der Waals surface area contributed by atoms with E-state index in [2.05, 4.69) is 12.6 Å². The molecule has 2 rings (SSSR count). The Kier molecular flexibility index (Phi) is 4.70. The van der Waals surface area contributed by atoms with Gasteiger partial charge in [-0.15, -0.1) is 0 Å². The number of carboxylic acid groups (broad SMARTS) is 1. The van der Waals surface area contributed by atoms with Gasteiger partial charge in [-0.1, -0.05) is 6.92 Å². The highest BCUT2D eigenvalue weighted by Gasteiger charge is 2.64. The van der Waals surface area contributed by atoms with Crippen LogP contribution in [0.4, 0.5) is 4.79 Å². The monoisotopic (exact) mass is 328 g/mol.